The van der Waals surface area contributed by atoms with Crippen LogP contribution in [0.1, 0.15) is 5.69 Å². The first kappa shape index (κ1) is 14.1. The summed E-state index contributed by atoms with van der Waals surface area (Å²) >= 11 is 0.888. The van der Waals surface area contributed by atoms with Gasteiger partial charge in [-0.1, -0.05) is 30.0 Å². The third kappa shape index (κ3) is 3.61. The van der Waals surface area contributed by atoms with E-state index in [2.05, 4.69) is 9.97 Å². The summed E-state index contributed by atoms with van der Waals surface area (Å²) in [5.41, 5.74) is -0.0688. The number of ether oxygens (including phenoxy) is 1. The zero-order chi connectivity index (χ0) is 14.5. The molecule has 0 atom stereocenters. The Kier molecular flexibility index (Phi) is 4.41. The van der Waals surface area contributed by atoms with Crippen LogP contribution in [0, 0.1) is 6.92 Å². The van der Waals surface area contributed by atoms with Crippen LogP contribution < -0.4 is 15.4 Å². The highest BCUT2D eigenvalue weighted by atomic mass is 32.2. The molecule has 0 spiro atoms. The molecule has 1 N–H and O–H groups in total. The first-order valence-corrected chi connectivity index (χ1v) is 6.71. The predicted molar refractivity (Wildman–Crippen MR) is 71.8 cm³/mol. The molecule has 0 bridgehead atoms. The van der Waals surface area contributed by atoms with Crippen LogP contribution in [0.5, 0.6) is 11.5 Å². The lowest BCUT2D eigenvalue weighted by Crippen LogP contribution is -2.24. The van der Waals surface area contributed by atoms with Gasteiger partial charge in [-0.15, -0.1) is 0 Å². The molecular weight excluding hydrogens is 280 g/mol. The van der Waals surface area contributed by atoms with Gasteiger partial charge in [-0.2, -0.15) is 0 Å². The van der Waals surface area contributed by atoms with Crippen LogP contribution >= 0.6 is 11.8 Å². The molecule has 0 unspecified atom stereocenters. The summed E-state index contributed by atoms with van der Waals surface area (Å²) in [5, 5.41) is 10.6. The highest BCUT2D eigenvalue weighted by Gasteiger charge is 2.10. The summed E-state index contributed by atoms with van der Waals surface area (Å²) in [6, 6.07) is 8.85. The third-order valence-corrected chi connectivity index (χ3v) is 3.16. The van der Waals surface area contributed by atoms with Crippen LogP contribution in [-0.4, -0.2) is 21.7 Å². The fraction of sp³-hybridized carbons (Fsp3) is 0.154. The number of carboxylic acid groups (broad SMARTS) is 1. The van der Waals surface area contributed by atoms with Gasteiger partial charge in [-0.3, -0.25) is 9.78 Å². The number of carboxylic acids is 1. The average molecular weight is 291 g/mol. The topological polar surface area (TPSA) is 95.1 Å². The Morgan fingerprint density at radius 2 is 2.10 bits per heavy atom. The van der Waals surface area contributed by atoms with E-state index in [0.717, 1.165) is 11.8 Å². The number of carbonyl (C=O) groups is 1. The van der Waals surface area contributed by atoms with E-state index >= 15 is 0 Å². The summed E-state index contributed by atoms with van der Waals surface area (Å²) in [6.45, 7) is 1.62. The van der Waals surface area contributed by atoms with Crippen molar-refractivity contribution in [2.45, 2.75) is 12.1 Å². The van der Waals surface area contributed by atoms with Gasteiger partial charge in [0.25, 0.3) is 5.56 Å². The molecule has 104 valence electrons. The van der Waals surface area contributed by atoms with Crippen molar-refractivity contribution in [3.63, 3.8) is 0 Å². The van der Waals surface area contributed by atoms with E-state index in [-0.39, 0.29) is 16.7 Å². The van der Waals surface area contributed by atoms with E-state index in [1.54, 1.807) is 31.2 Å². The number of aromatic amines is 1. The number of hydrogen-bond acceptors (Lipinski definition) is 6. The molecule has 1 aromatic heterocycles. The molecule has 7 heteroatoms. The van der Waals surface area contributed by atoms with E-state index < -0.39 is 11.5 Å². The maximum atomic E-state index is 11.9. The molecule has 0 amide bonds. The van der Waals surface area contributed by atoms with Crippen molar-refractivity contribution in [2.24, 2.45) is 0 Å². The van der Waals surface area contributed by atoms with E-state index in [0.29, 0.717) is 11.4 Å². The van der Waals surface area contributed by atoms with Crippen LogP contribution in [0.25, 0.3) is 0 Å². The van der Waals surface area contributed by atoms with Gasteiger partial charge in [0.1, 0.15) is 5.75 Å². The SMILES string of the molecule is Cc1nc(SCC(=O)[O-])[nH]c(=O)c1Oc1ccccc1. The lowest BCUT2D eigenvalue weighted by atomic mass is 10.3. The summed E-state index contributed by atoms with van der Waals surface area (Å²) in [6.07, 6.45) is 0. The Labute approximate surface area is 118 Å². The van der Waals surface area contributed by atoms with Crippen LogP contribution in [0.15, 0.2) is 40.3 Å². The number of aryl methyl sites for hydroxylation is 1. The highest BCUT2D eigenvalue weighted by Crippen LogP contribution is 2.21. The van der Waals surface area contributed by atoms with Crippen molar-refractivity contribution in [3.05, 3.63) is 46.4 Å². The highest BCUT2D eigenvalue weighted by molar-refractivity contribution is 7.99. The standard InChI is InChI=1S/C13H12N2O4S/c1-8-11(19-9-5-3-2-4-6-9)12(18)15-13(14-8)20-7-10(16)17/h2-6H,7H2,1H3,(H,16,17)(H,14,15,18)/p-1. The average Bonchev–Trinajstić information content (AvgIpc) is 2.42. The lowest BCUT2D eigenvalue weighted by molar-refractivity contribution is -0.301. The van der Waals surface area contributed by atoms with Crippen LogP contribution in [0.4, 0.5) is 0 Å². The van der Waals surface area contributed by atoms with Gasteiger partial charge < -0.3 is 14.6 Å². The molecule has 0 radical (unpaired) electrons. The fourth-order valence-corrected chi connectivity index (χ4v) is 2.09. The Morgan fingerprint density at radius 3 is 2.70 bits per heavy atom. The van der Waals surface area contributed by atoms with Crippen molar-refractivity contribution in [3.8, 4) is 11.5 Å². The molecule has 6 nitrogen and oxygen atoms in total. The Morgan fingerprint density at radius 1 is 1.40 bits per heavy atom. The number of nitrogens with one attached hydrogen (secondary N) is 1. The van der Waals surface area contributed by atoms with E-state index in [1.165, 1.54) is 0 Å². The van der Waals surface area contributed by atoms with Gasteiger partial charge in [0.15, 0.2) is 5.16 Å². The monoisotopic (exact) mass is 291 g/mol. The molecule has 2 rings (SSSR count). The zero-order valence-corrected chi connectivity index (χ0v) is 11.4. The summed E-state index contributed by atoms with van der Waals surface area (Å²) in [4.78, 5) is 28.9. The van der Waals surface area contributed by atoms with Crippen molar-refractivity contribution in [2.75, 3.05) is 5.75 Å². The molecule has 1 heterocycles. The van der Waals surface area contributed by atoms with E-state index in [9.17, 15) is 14.7 Å². The first-order chi connectivity index (χ1) is 9.56. The van der Waals surface area contributed by atoms with E-state index in [1.807, 2.05) is 6.07 Å². The van der Waals surface area contributed by atoms with Crippen molar-refractivity contribution in [1.82, 2.24) is 9.97 Å². The normalized spacial score (nSPS) is 10.2. The summed E-state index contributed by atoms with van der Waals surface area (Å²) in [5.74, 6) is -0.881. The number of nitrogens with zero attached hydrogens (tertiary/aromatic N) is 1. The molecule has 2 aromatic rings. The van der Waals surface area contributed by atoms with Gasteiger partial charge in [-0.05, 0) is 19.1 Å². The molecule has 0 aliphatic rings. The number of H-pyrrole nitrogens is 1. The number of thioether (sulfide) groups is 1. The largest absolute Gasteiger partial charge is 0.549 e. The van der Waals surface area contributed by atoms with Gasteiger partial charge in [0, 0.05) is 5.75 Å². The number of aromatic nitrogens is 2. The van der Waals surface area contributed by atoms with Crippen LogP contribution in [0.2, 0.25) is 0 Å². The number of para-hydroxylation sites is 1. The Bertz CT molecular complexity index is 670. The van der Waals surface area contributed by atoms with Gasteiger partial charge in [-0.25, -0.2) is 4.98 Å². The second-order valence-electron chi connectivity index (χ2n) is 3.86. The quantitative estimate of drug-likeness (QED) is 0.644. The number of benzene rings is 1. The second-order valence-corrected chi connectivity index (χ2v) is 4.83. The first-order valence-electron chi connectivity index (χ1n) is 5.72. The number of aliphatic carboxylic acids is 1. The summed E-state index contributed by atoms with van der Waals surface area (Å²) < 4.78 is 5.48. The molecular formula is C13H11N2O4S-. The maximum absolute atomic E-state index is 11.9. The summed E-state index contributed by atoms with van der Waals surface area (Å²) in [7, 11) is 0. The maximum Gasteiger partial charge on any atom is 0.294 e. The zero-order valence-electron chi connectivity index (χ0n) is 10.6. The second kappa shape index (κ2) is 6.25. The third-order valence-electron chi connectivity index (χ3n) is 2.31. The predicted octanol–water partition coefficient (Wildman–Crippen LogP) is 0.713. The Hall–Kier alpha value is -2.28. The molecule has 0 aliphatic carbocycles. The molecule has 0 saturated heterocycles. The Balaban J connectivity index is 2.23. The molecule has 1 aromatic carbocycles. The number of carbonyl (C=O) groups excluding carboxylic acids is 1. The van der Waals surface area contributed by atoms with Gasteiger partial charge in [0.05, 0.1) is 11.7 Å². The fourth-order valence-electron chi connectivity index (χ4n) is 1.47. The van der Waals surface area contributed by atoms with E-state index in [4.69, 9.17) is 4.74 Å². The van der Waals surface area contributed by atoms with Crippen LogP contribution in [0.3, 0.4) is 0 Å². The van der Waals surface area contributed by atoms with Gasteiger partial charge >= 0.3 is 0 Å². The molecule has 0 fully saturated rings. The van der Waals surface area contributed by atoms with Crippen molar-refractivity contribution >= 4 is 17.7 Å². The minimum Gasteiger partial charge on any atom is -0.549 e. The minimum atomic E-state index is -1.22. The lowest BCUT2D eigenvalue weighted by Gasteiger charge is -2.08. The van der Waals surface area contributed by atoms with Crippen LogP contribution in [-0.2, 0) is 4.79 Å². The smallest absolute Gasteiger partial charge is 0.294 e. The molecule has 0 saturated carbocycles. The van der Waals surface area contributed by atoms with Crippen molar-refractivity contribution < 1.29 is 14.6 Å². The molecule has 0 aliphatic heterocycles. The number of hydrogen-bond donors (Lipinski definition) is 1. The van der Waals surface area contributed by atoms with Gasteiger partial charge in [0.2, 0.25) is 5.75 Å². The van der Waals surface area contributed by atoms with Crippen molar-refractivity contribution in [1.29, 1.82) is 0 Å². The molecule has 20 heavy (non-hydrogen) atoms. The minimum absolute atomic E-state index is 0.0917. The number of rotatable bonds is 5.